The van der Waals surface area contributed by atoms with Gasteiger partial charge in [0.2, 0.25) is 11.9 Å². The van der Waals surface area contributed by atoms with E-state index >= 15 is 8.78 Å². The second-order valence-corrected chi connectivity index (χ2v) is 21.2. The number of H-pyrrole nitrogens is 1. The Labute approximate surface area is 479 Å². The Hall–Kier alpha value is -7.99. The Balaban J connectivity index is 0.995. The molecule has 4 N–H and O–H groups in total. The molecule has 10 rings (SSSR count). The summed E-state index contributed by atoms with van der Waals surface area (Å²) in [5.41, 5.74) is -0.267. The molecule has 25 nitrogen and oxygen atoms in total. The summed E-state index contributed by atoms with van der Waals surface area (Å²) in [6.45, 7) is 1.77. The van der Waals surface area contributed by atoms with Crippen LogP contribution in [0.4, 0.5) is 20.5 Å². The van der Waals surface area contributed by atoms with Crippen molar-refractivity contribution in [2.45, 2.75) is 75.1 Å². The lowest BCUT2D eigenvalue weighted by molar-refractivity contribution is -0.118. The molecule has 2 fully saturated rings. The number of ether oxygens (including phenoxy) is 5. The van der Waals surface area contributed by atoms with Gasteiger partial charge in [0.25, 0.3) is 11.5 Å². The third-order valence-electron chi connectivity index (χ3n) is 13.7. The first kappa shape index (κ1) is 59.2. The first-order valence-corrected chi connectivity index (χ1v) is 28.5. The van der Waals surface area contributed by atoms with Crippen LogP contribution in [-0.4, -0.2) is 127 Å². The molecule has 10 atom stereocenters. The number of nitrogens with zero attached hydrogens (tertiary/aromatic N) is 8. The summed E-state index contributed by atoms with van der Waals surface area (Å²) in [6, 6.07) is 34.1. The van der Waals surface area contributed by atoms with Gasteiger partial charge in [-0.2, -0.15) is 10.2 Å². The number of nitrogens with one attached hydrogen (secondary N) is 3. The highest BCUT2D eigenvalue weighted by atomic mass is 31.2. The van der Waals surface area contributed by atoms with Crippen molar-refractivity contribution in [1.82, 2.24) is 39.0 Å². The number of amides is 2. The number of rotatable bonds is 24. The molecule has 2 unspecified atom stereocenters. The summed E-state index contributed by atoms with van der Waals surface area (Å²) < 4.78 is 104. The Morgan fingerprint density at radius 2 is 1.40 bits per heavy atom. The number of aromatic amines is 1. The van der Waals surface area contributed by atoms with Crippen molar-refractivity contribution in [3.63, 3.8) is 0 Å². The van der Waals surface area contributed by atoms with E-state index in [4.69, 9.17) is 41.8 Å². The molecule has 0 bridgehead atoms. The zero-order chi connectivity index (χ0) is 59.1. The summed E-state index contributed by atoms with van der Waals surface area (Å²) in [4.78, 5) is 72.9. The number of imidazole rings is 2. The van der Waals surface area contributed by atoms with Crippen LogP contribution in [0.25, 0.3) is 22.3 Å². The van der Waals surface area contributed by atoms with Gasteiger partial charge in [0, 0.05) is 11.5 Å². The first-order valence-electron chi connectivity index (χ1n) is 26.1. The van der Waals surface area contributed by atoms with Gasteiger partial charge in [0.1, 0.15) is 47.8 Å². The maximum absolute atomic E-state index is 18.0. The molecule has 0 radical (unpaired) electrons. The van der Waals surface area contributed by atoms with Gasteiger partial charge in [-0.1, -0.05) is 86.6 Å². The topological polar surface area (TPSA) is 310 Å². The number of alkyl halides is 2. The third-order valence-corrected chi connectivity index (χ3v) is 15.4. The van der Waals surface area contributed by atoms with Crippen LogP contribution in [0.2, 0.25) is 0 Å². The van der Waals surface area contributed by atoms with Gasteiger partial charge in [0.05, 0.1) is 59.2 Å². The fourth-order valence-electron chi connectivity index (χ4n) is 9.58. The standard InChI is InChI=1S/C55H55F2N11O14P2/c1-31(2)49(69)65-54-64-48-43(51(71)66-54)62-30-68(48)53-45(81-83(72)73)40(56)38(79-53)27-78-84(77-25-11-24-58)82-44-39(80-52(41(44)57)67-29-61-42-46(59-28-60-47(42)67)63-50(70)32-12-7-5-8-13-32)26-76-55(33-14-9-6-10-15-33,34-16-20-36(74-3)21-17-34)35-18-22-37(75-4)23-19-35/h5-10,12-23,28-31,38-41,44-45,52-53,83H,11,25-27H2,1-4H3,(H,72,73)(H,59,60,63,70)(H2,64,65,66,69,71)/t38-,39-,40-,41-,44-,45+,52-,53-,84?/m1/s1. The minimum atomic E-state index is -3.87. The SMILES string of the molecule is COc1ccc(C(OC[C@H]2O[C@@H](n3cnc4c(NC(=O)c5ccccc5)ncnc43)[C@H](F)[C@@H]2OP(OCCC#N)OC[C@H]2O[C@@H](n3cnc4c(=O)[nH]c(NC(=O)C(C)C)nc43)[C@@H](O[PH](=O)O)[C@@H]2F)(c2ccccc2)c2ccc(OC)cc2)cc1. The van der Waals surface area contributed by atoms with E-state index in [1.165, 1.54) is 17.2 Å². The molecule has 0 saturated carbocycles. The van der Waals surface area contributed by atoms with Crippen LogP contribution in [0.1, 0.15) is 59.8 Å². The zero-order valence-corrected chi connectivity index (χ0v) is 47.1. The van der Waals surface area contributed by atoms with Crippen molar-refractivity contribution in [2.24, 2.45) is 5.92 Å². The van der Waals surface area contributed by atoms with Gasteiger partial charge in [-0.3, -0.25) is 42.9 Å². The quantitative estimate of drug-likeness (QED) is 0.0257. The summed E-state index contributed by atoms with van der Waals surface area (Å²) in [6.07, 6.45) is -10.7. The largest absolute Gasteiger partial charge is 0.497 e. The second kappa shape index (κ2) is 26.3. The molecule has 29 heteroatoms. The molecular formula is C55H55F2N11O14P2. The number of nitriles is 1. The molecule has 2 aliphatic heterocycles. The minimum Gasteiger partial charge on any atom is -0.497 e. The van der Waals surface area contributed by atoms with E-state index in [2.05, 4.69) is 40.5 Å². The fourth-order valence-corrected chi connectivity index (χ4v) is 11.2. The third kappa shape index (κ3) is 12.4. The number of aromatic nitrogens is 8. The lowest BCUT2D eigenvalue weighted by Gasteiger charge is -2.37. The Kier molecular flexibility index (Phi) is 18.5. The van der Waals surface area contributed by atoms with Crippen LogP contribution in [0.5, 0.6) is 11.5 Å². The van der Waals surface area contributed by atoms with E-state index in [9.17, 15) is 29.1 Å². The smallest absolute Gasteiger partial charge is 0.333 e. The Morgan fingerprint density at radius 1 is 0.786 bits per heavy atom. The second-order valence-electron chi connectivity index (χ2n) is 19.3. The Morgan fingerprint density at radius 3 is 2.04 bits per heavy atom. The highest BCUT2D eigenvalue weighted by molar-refractivity contribution is 7.41. The lowest BCUT2D eigenvalue weighted by atomic mass is 9.80. The van der Waals surface area contributed by atoms with E-state index in [0.717, 1.165) is 10.9 Å². The highest BCUT2D eigenvalue weighted by Gasteiger charge is 2.53. The fraction of sp³-hybridized carbons (Fsp3) is 0.327. The molecule has 0 spiro atoms. The average Bonchev–Trinajstić information content (AvgIpc) is 2.91. The van der Waals surface area contributed by atoms with Gasteiger partial charge in [-0.05, 0) is 53.1 Å². The van der Waals surface area contributed by atoms with E-state index in [0.29, 0.717) is 33.8 Å². The highest BCUT2D eigenvalue weighted by Crippen LogP contribution is 2.50. The molecule has 2 saturated heterocycles. The molecule has 4 aromatic carbocycles. The number of fused-ring (bicyclic) bond motifs is 2. The molecular weight excluding hydrogens is 1140 g/mol. The number of hydrogen-bond donors (Lipinski definition) is 4. The zero-order valence-electron chi connectivity index (χ0n) is 45.2. The van der Waals surface area contributed by atoms with Gasteiger partial charge in [-0.25, -0.2) is 28.7 Å². The molecule has 6 heterocycles. The molecule has 84 heavy (non-hydrogen) atoms. The van der Waals surface area contributed by atoms with Crippen LogP contribution in [0.3, 0.4) is 0 Å². The van der Waals surface area contributed by atoms with Crippen molar-refractivity contribution < 1.29 is 69.6 Å². The number of anilines is 2. The van der Waals surface area contributed by atoms with Crippen molar-refractivity contribution in [1.29, 1.82) is 5.26 Å². The molecule has 0 aliphatic carbocycles. The van der Waals surface area contributed by atoms with Crippen LogP contribution in [0.15, 0.2) is 133 Å². The molecule has 4 aromatic heterocycles. The predicted molar refractivity (Wildman–Crippen MR) is 297 cm³/mol. The van der Waals surface area contributed by atoms with Crippen molar-refractivity contribution in [3.8, 4) is 17.6 Å². The molecule has 8 aromatic rings. The predicted octanol–water partition coefficient (Wildman–Crippen LogP) is 7.63. The van der Waals surface area contributed by atoms with Gasteiger partial charge >= 0.3 is 16.9 Å². The van der Waals surface area contributed by atoms with E-state index in [1.807, 2.05) is 60.7 Å². The summed E-state index contributed by atoms with van der Waals surface area (Å²) in [5, 5.41) is 14.8. The van der Waals surface area contributed by atoms with Crippen molar-refractivity contribution in [2.75, 3.05) is 44.7 Å². The molecule has 438 valence electrons. The van der Waals surface area contributed by atoms with E-state index in [1.54, 1.807) is 82.7 Å². The van der Waals surface area contributed by atoms with Crippen LogP contribution in [0, 0.1) is 17.2 Å². The Bertz CT molecular complexity index is 3670. The monoisotopic (exact) mass is 1190 g/mol. The van der Waals surface area contributed by atoms with Crippen molar-refractivity contribution in [3.05, 3.63) is 161 Å². The molecule has 2 amide bonds. The molecule has 2 aliphatic rings. The van der Waals surface area contributed by atoms with Crippen LogP contribution >= 0.6 is 16.9 Å². The summed E-state index contributed by atoms with van der Waals surface area (Å²) in [5.74, 6) is -0.598. The minimum absolute atomic E-state index is 0.0239. The first-order chi connectivity index (χ1) is 40.7. The normalized spacial score (nSPS) is 21.3. The number of hydrogen-bond acceptors (Lipinski definition) is 19. The number of halogens is 2. The number of methoxy groups -OCH3 is 2. The summed E-state index contributed by atoms with van der Waals surface area (Å²) in [7, 11) is -3.60. The maximum atomic E-state index is 18.0. The van der Waals surface area contributed by atoms with E-state index in [-0.39, 0.29) is 47.1 Å². The van der Waals surface area contributed by atoms with Gasteiger partial charge in [-0.15, -0.1) is 0 Å². The number of benzene rings is 4. The average molecular weight is 1190 g/mol. The van der Waals surface area contributed by atoms with Gasteiger partial charge in [0.15, 0.2) is 52.9 Å². The van der Waals surface area contributed by atoms with Gasteiger partial charge < -0.3 is 47.5 Å². The maximum Gasteiger partial charge on any atom is 0.333 e. The van der Waals surface area contributed by atoms with Crippen molar-refractivity contribution >= 4 is 62.8 Å². The number of carbonyl (C=O) groups excluding carboxylic acids is 2. The summed E-state index contributed by atoms with van der Waals surface area (Å²) >= 11 is 0. The van der Waals surface area contributed by atoms with E-state index < -0.39 is 108 Å². The van der Waals surface area contributed by atoms with Crippen LogP contribution < -0.4 is 25.7 Å². The lowest BCUT2D eigenvalue weighted by Crippen LogP contribution is -2.40. The van der Waals surface area contributed by atoms with Crippen LogP contribution in [-0.2, 0) is 47.3 Å². The number of carbonyl (C=O) groups is 2.